The fourth-order valence-corrected chi connectivity index (χ4v) is 4.14. The first-order valence-corrected chi connectivity index (χ1v) is 11.4. The van der Waals surface area contributed by atoms with E-state index in [1.165, 1.54) is 23.0 Å². The fraction of sp³-hybridized carbons (Fsp3) is 0.333. The van der Waals surface area contributed by atoms with Crippen molar-refractivity contribution in [3.05, 3.63) is 65.7 Å². The molecule has 1 aliphatic rings. The van der Waals surface area contributed by atoms with E-state index in [1.54, 1.807) is 18.2 Å². The van der Waals surface area contributed by atoms with Gasteiger partial charge >= 0.3 is 6.43 Å². The molecule has 3 heterocycles. The molecule has 0 saturated carbocycles. The van der Waals surface area contributed by atoms with E-state index >= 15 is 4.39 Å². The summed E-state index contributed by atoms with van der Waals surface area (Å²) in [5.41, 5.74) is 1.46. The van der Waals surface area contributed by atoms with E-state index in [-0.39, 0.29) is 29.6 Å². The number of nitrogens with zero attached hydrogens (tertiary/aromatic N) is 6. The van der Waals surface area contributed by atoms with Gasteiger partial charge in [-0.1, -0.05) is 17.3 Å². The van der Waals surface area contributed by atoms with Gasteiger partial charge in [-0.15, -0.1) is 15.3 Å². The van der Waals surface area contributed by atoms with Crippen molar-refractivity contribution < 1.29 is 22.0 Å². The van der Waals surface area contributed by atoms with E-state index in [0.717, 1.165) is 32.0 Å². The zero-order chi connectivity index (χ0) is 25.2. The lowest BCUT2D eigenvalue weighted by molar-refractivity contribution is 0.116. The van der Waals surface area contributed by atoms with Crippen molar-refractivity contribution in [1.82, 2.24) is 30.1 Å². The SMILES string of the molecule is CN1CCC(Nc2cccc(-c3cn(Cc4ccc(-c5nnc(C(F)F)o5)cc4F)nn3)c2F)CC1. The van der Waals surface area contributed by atoms with Crippen LogP contribution in [0.15, 0.2) is 47.0 Å². The average Bonchev–Trinajstić information content (AvgIpc) is 3.54. The molecule has 1 N–H and O–H groups in total. The van der Waals surface area contributed by atoms with Crippen molar-refractivity contribution in [2.75, 3.05) is 25.5 Å². The van der Waals surface area contributed by atoms with Crippen LogP contribution >= 0.6 is 0 Å². The Balaban J connectivity index is 1.30. The number of aromatic nitrogens is 5. The Morgan fingerprint density at radius 1 is 1.08 bits per heavy atom. The number of anilines is 1. The van der Waals surface area contributed by atoms with Crippen LogP contribution in [0.2, 0.25) is 0 Å². The number of benzene rings is 2. The van der Waals surface area contributed by atoms with Gasteiger partial charge in [-0.05, 0) is 57.2 Å². The topological polar surface area (TPSA) is 84.9 Å². The molecule has 0 amide bonds. The minimum absolute atomic E-state index is 0.0282. The molecule has 5 rings (SSSR count). The molecule has 0 atom stereocenters. The maximum absolute atomic E-state index is 15.3. The van der Waals surface area contributed by atoms with Crippen LogP contribution in [0.25, 0.3) is 22.7 Å². The zero-order valence-corrected chi connectivity index (χ0v) is 19.3. The fourth-order valence-electron chi connectivity index (χ4n) is 4.14. The van der Waals surface area contributed by atoms with E-state index in [9.17, 15) is 13.2 Å². The zero-order valence-electron chi connectivity index (χ0n) is 19.3. The Morgan fingerprint density at radius 3 is 2.61 bits per heavy atom. The van der Waals surface area contributed by atoms with Gasteiger partial charge in [0.1, 0.15) is 11.5 Å². The summed E-state index contributed by atoms with van der Waals surface area (Å²) in [4.78, 5) is 2.24. The standard InChI is InChI=1S/C24H23F4N7O/c1-34-9-7-16(8-10-34)29-19-4-2-3-17(21(19)26)20-13-35(33-30-20)12-15-6-5-14(11-18(15)25)23-31-32-24(36-23)22(27)28/h2-6,11,13,16,22,29H,7-10,12H2,1H3. The maximum atomic E-state index is 15.3. The molecule has 0 bridgehead atoms. The van der Waals surface area contributed by atoms with Crippen molar-refractivity contribution >= 4 is 5.69 Å². The molecular formula is C24H23F4N7O. The molecule has 0 radical (unpaired) electrons. The molecule has 1 saturated heterocycles. The number of hydrogen-bond acceptors (Lipinski definition) is 7. The summed E-state index contributed by atoms with van der Waals surface area (Å²) < 4.78 is 61.6. The first-order chi connectivity index (χ1) is 17.4. The third kappa shape index (κ3) is 5.08. The lowest BCUT2D eigenvalue weighted by Crippen LogP contribution is -2.36. The second-order valence-electron chi connectivity index (χ2n) is 8.74. The van der Waals surface area contributed by atoms with Gasteiger partial charge in [0.25, 0.3) is 5.89 Å². The molecule has 0 aliphatic carbocycles. The predicted octanol–water partition coefficient (Wildman–Crippen LogP) is 4.77. The second-order valence-corrected chi connectivity index (χ2v) is 8.74. The van der Waals surface area contributed by atoms with E-state index in [2.05, 4.69) is 37.8 Å². The van der Waals surface area contributed by atoms with Gasteiger partial charge in [-0.3, -0.25) is 0 Å². The molecule has 1 aliphatic heterocycles. The smallest absolute Gasteiger partial charge is 0.314 e. The molecule has 8 nitrogen and oxygen atoms in total. The van der Waals surface area contributed by atoms with Gasteiger partial charge in [-0.25, -0.2) is 13.5 Å². The van der Waals surface area contributed by atoms with Crippen molar-refractivity contribution in [3.8, 4) is 22.7 Å². The van der Waals surface area contributed by atoms with Crippen LogP contribution < -0.4 is 5.32 Å². The number of piperidine rings is 1. The van der Waals surface area contributed by atoms with Crippen molar-refractivity contribution in [1.29, 1.82) is 0 Å². The summed E-state index contributed by atoms with van der Waals surface area (Å²) in [7, 11) is 2.07. The summed E-state index contributed by atoms with van der Waals surface area (Å²) in [6, 6.07) is 9.34. The van der Waals surface area contributed by atoms with E-state index in [0.29, 0.717) is 16.9 Å². The minimum atomic E-state index is -2.91. The number of nitrogens with one attached hydrogen (secondary N) is 1. The quantitative estimate of drug-likeness (QED) is 0.366. The number of rotatable bonds is 7. The Labute approximate surface area is 203 Å². The Morgan fingerprint density at radius 2 is 1.89 bits per heavy atom. The number of halogens is 4. The molecule has 4 aromatic rings. The molecule has 0 spiro atoms. The van der Waals surface area contributed by atoms with Gasteiger partial charge < -0.3 is 14.6 Å². The van der Waals surface area contributed by atoms with Crippen LogP contribution in [0.4, 0.5) is 23.2 Å². The van der Waals surface area contributed by atoms with Crippen molar-refractivity contribution in [2.24, 2.45) is 0 Å². The maximum Gasteiger partial charge on any atom is 0.314 e. The Bertz CT molecular complexity index is 1350. The number of alkyl halides is 2. The molecule has 2 aromatic heterocycles. The van der Waals surface area contributed by atoms with E-state index in [4.69, 9.17) is 4.42 Å². The van der Waals surface area contributed by atoms with Crippen LogP contribution in [0.5, 0.6) is 0 Å². The highest BCUT2D eigenvalue weighted by Gasteiger charge is 2.20. The van der Waals surface area contributed by atoms with Gasteiger partial charge in [0.2, 0.25) is 5.89 Å². The first-order valence-electron chi connectivity index (χ1n) is 11.4. The molecule has 0 unspecified atom stereocenters. The molecule has 1 fully saturated rings. The molecular weight excluding hydrogens is 478 g/mol. The molecule has 188 valence electrons. The summed E-state index contributed by atoms with van der Waals surface area (Å²) >= 11 is 0. The first kappa shape index (κ1) is 23.9. The highest BCUT2D eigenvalue weighted by molar-refractivity contribution is 5.66. The minimum Gasteiger partial charge on any atom is -0.415 e. The summed E-state index contributed by atoms with van der Waals surface area (Å²) in [6.45, 7) is 1.94. The van der Waals surface area contributed by atoms with Crippen LogP contribution in [-0.4, -0.2) is 56.3 Å². The third-order valence-electron chi connectivity index (χ3n) is 6.15. The van der Waals surface area contributed by atoms with E-state index < -0.39 is 24.0 Å². The number of hydrogen-bond donors (Lipinski definition) is 1. The van der Waals surface area contributed by atoms with E-state index in [1.807, 2.05) is 0 Å². The average molecular weight is 501 g/mol. The second kappa shape index (κ2) is 10.1. The van der Waals surface area contributed by atoms with Gasteiger partial charge in [0.15, 0.2) is 5.82 Å². The van der Waals surface area contributed by atoms with Gasteiger partial charge in [0.05, 0.1) is 18.4 Å². The predicted molar refractivity (Wildman–Crippen MR) is 123 cm³/mol. The monoisotopic (exact) mass is 501 g/mol. The number of likely N-dealkylation sites (tertiary alicyclic amines) is 1. The van der Waals surface area contributed by atoms with Crippen LogP contribution in [0, 0.1) is 11.6 Å². The highest BCUT2D eigenvalue weighted by atomic mass is 19.3. The van der Waals surface area contributed by atoms with Crippen LogP contribution in [-0.2, 0) is 6.54 Å². The lowest BCUT2D eigenvalue weighted by atomic mass is 10.0. The summed E-state index contributed by atoms with van der Waals surface area (Å²) in [5, 5.41) is 18.1. The molecule has 12 heteroatoms. The molecule has 36 heavy (non-hydrogen) atoms. The van der Waals surface area contributed by atoms with Crippen molar-refractivity contribution in [3.63, 3.8) is 0 Å². The largest absolute Gasteiger partial charge is 0.415 e. The third-order valence-corrected chi connectivity index (χ3v) is 6.15. The highest BCUT2D eigenvalue weighted by Crippen LogP contribution is 2.29. The molecule has 2 aromatic carbocycles. The van der Waals surface area contributed by atoms with Gasteiger partial charge in [-0.2, -0.15) is 8.78 Å². The Kier molecular flexibility index (Phi) is 6.68. The van der Waals surface area contributed by atoms with Crippen LogP contribution in [0.3, 0.4) is 0 Å². The Hall–Kier alpha value is -3.80. The lowest BCUT2D eigenvalue weighted by Gasteiger charge is -2.30. The van der Waals surface area contributed by atoms with Gasteiger partial charge in [0, 0.05) is 22.7 Å². The van der Waals surface area contributed by atoms with Crippen molar-refractivity contribution in [2.45, 2.75) is 31.9 Å². The summed E-state index contributed by atoms with van der Waals surface area (Å²) in [5.74, 6) is -2.07. The normalized spacial score (nSPS) is 15.1. The summed E-state index contributed by atoms with van der Waals surface area (Å²) in [6.07, 6.45) is 0.492. The van der Waals surface area contributed by atoms with Crippen LogP contribution in [0.1, 0.15) is 30.7 Å².